The Bertz CT molecular complexity index is 362. The Labute approximate surface area is 89.9 Å². The molecule has 3 heteroatoms. The van der Waals surface area contributed by atoms with Gasteiger partial charge in [-0.3, -0.25) is 4.79 Å². The maximum atomic E-state index is 11.8. The molecule has 0 spiro atoms. The minimum absolute atomic E-state index is 0.199. The van der Waals surface area contributed by atoms with Gasteiger partial charge in [-0.05, 0) is 31.0 Å². The zero-order chi connectivity index (χ0) is 10.7. The van der Waals surface area contributed by atoms with E-state index in [9.17, 15) is 4.79 Å². The molecule has 1 aromatic carbocycles. The maximum absolute atomic E-state index is 11.8. The van der Waals surface area contributed by atoms with Gasteiger partial charge in [-0.1, -0.05) is 18.2 Å². The van der Waals surface area contributed by atoms with E-state index < -0.39 is 0 Å². The molecule has 2 rings (SSSR count). The van der Waals surface area contributed by atoms with Gasteiger partial charge in [0.2, 0.25) is 5.91 Å². The lowest BCUT2D eigenvalue weighted by molar-refractivity contribution is -0.118. The van der Waals surface area contributed by atoms with E-state index in [4.69, 9.17) is 5.73 Å². The summed E-state index contributed by atoms with van der Waals surface area (Å²) >= 11 is 0. The quantitative estimate of drug-likeness (QED) is 0.807. The van der Waals surface area contributed by atoms with Crippen LogP contribution < -0.4 is 10.6 Å². The number of carbonyl (C=O) groups excluding carboxylic acids is 1. The Morgan fingerprint density at radius 1 is 1.40 bits per heavy atom. The van der Waals surface area contributed by atoms with E-state index in [0.717, 1.165) is 25.1 Å². The van der Waals surface area contributed by atoms with Crippen LogP contribution in [0.4, 0.5) is 5.69 Å². The van der Waals surface area contributed by atoms with Crippen LogP contribution >= 0.6 is 0 Å². The highest BCUT2D eigenvalue weighted by Gasteiger charge is 2.23. The summed E-state index contributed by atoms with van der Waals surface area (Å²) in [6, 6.07) is 8.11. The minimum Gasteiger partial charge on any atom is -0.330 e. The third kappa shape index (κ3) is 2.02. The zero-order valence-corrected chi connectivity index (χ0v) is 8.78. The molecule has 1 aliphatic rings. The molecule has 0 unspecified atom stereocenters. The van der Waals surface area contributed by atoms with Crippen LogP contribution in [0, 0.1) is 0 Å². The van der Waals surface area contributed by atoms with Crippen LogP contribution in [0.5, 0.6) is 0 Å². The molecule has 1 heterocycles. The van der Waals surface area contributed by atoms with Gasteiger partial charge in [0.1, 0.15) is 0 Å². The van der Waals surface area contributed by atoms with Gasteiger partial charge in [-0.2, -0.15) is 0 Å². The monoisotopic (exact) mass is 204 g/mol. The summed E-state index contributed by atoms with van der Waals surface area (Å²) in [5, 5.41) is 0. The Kier molecular flexibility index (Phi) is 3.02. The zero-order valence-electron chi connectivity index (χ0n) is 8.78. The van der Waals surface area contributed by atoms with Crippen molar-refractivity contribution in [2.24, 2.45) is 5.73 Å². The lowest BCUT2D eigenvalue weighted by Crippen LogP contribution is -2.29. The third-order valence-corrected chi connectivity index (χ3v) is 2.78. The second-order valence-electron chi connectivity index (χ2n) is 3.82. The van der Waals surface area contributed by atoms with Crippen LogP contribution in [0.15, 0.2) is 24.3 Å². The Morgan fingerprint density at radius 3 is 3.00 bits per heavy atom. The van der Waals surface area contributed by atoms with Crippen molar-refractivity contribution < 1.29 is 4.79 Å². The highest BCUT2D eigenvalue weighted by atomic mass is 16.2. The lowest BCUT2D eigenvalue weighted by Gasteiger charge is -2.16. The van der Waals surface area contributed by atoms with Gasteiger partial charge >= 0.3 is 0 Å². The van der Waals surface area contributed by atoms with Gasteiger partial charge in [-0.15, -0.1) is 0 Å². The standard InChI is InChI=1S/C12H16N2O/c13-8-3-6-12(15)14-9-7-10-4-1-2-5-11(10)14/h1-2,4-5H,3,6-9,13H2. The number of amides is 1. The number of fused-ring (bicyclic) bond motifs is 1. The first-order chi connectivity index (χ1) is 7.33. The molecular formula is C12H16N2O. The average molecular weight is 204 g/mol. The van der Waals surface area contributed by atoms with Gasteiger partial charge in [0.15, 0.2) is 0 Å². The molecule has 0 saturated carbocycles. The van der Waals surface area contributed by atoms with Crippen molar-refractivity contribution in [2.45, 2.75) is 19.3 Å². The number of nitrogens with two attached hydrogens (primary N) is 1. The summed E-state index contributed by atoms with van der Waals surface area (Å²) in [6.45, 7) is 1.41. The van der Waals surface area contributed by atoms with Crippen molar-refractivity contribution in [2.75, 3.05) is 18.0 Å². The summed E-state index contributed by atoms with van der Waals surface area (Å²) in [7, 11) is 0. The van der Waals surface area contributed by atoms with Crippen molar-refractivity contribution in [1.29, 1.82) is 0 Å². The first-order valence-electron chi connectivity index (χ1n) is 5.41. The van der Waals surface area contributed by atoms with Crippen LogP contribution in [0.3, 0.4) is 0 Å². The topological polar surface area (TPSA) is 46.3 Å². The SMILES string of the molecule is NCCCC(=O)N1CCc2ccccc21. The van der Waals surface area contributed by atoms with Crippen molar-refractivity contribution in [3.63, 3.8) is 0 Å². The van der Waals surface area contributed by atoms with Gasteiger partial charge < -0.3 is 10.6 Å². The smallest absolute Gasteiger partial charge is 0.227 e. The first-order valence-corrected chi connectivity index (χ1v) is 5.41. The molecule has 2 N–H and O–H groups in total. The number of hydrogen-bond acceptors (Lipinski definition) is 2. The van der Waals surface area contributed by atoms with E-state index in [-0.39, 0.29) is 5.91 Å². The molecule has 0 aromatic heterocycles. The highest BCUT2D eigenvalue weighted by molar-refractivity contribution is 5.95. The van der Waals surface area contributed by atoms with Crippen LogP contribution in [0.2, 0.25) is 0 Å². The molecule has 0 atom stereocenters. The van der Waals surface area contributed by atoms with Gasteiger partial charge in [0.05, 0.1) is 0 Å². The first kappa shape index (κ1) is 10.2. The summed E-state index contributed by atoms with van der Waals surface area (Å²) < 4.78 is 0. The van der Waals surface area contributed by atoms with E-state index in [0.29, 0.717) is 13.0 Å². The Hall–Kier alpha value is -1.35. The van der Waals surface area contributed by atoms with Crippen molar-refractivity contribution in [3.8, 4) is 0 Å². The average Bonchev–Trinajstić information content (AvgIpc) is 2.69. The van der Waals surface area contributed by atoms with Crippen molar-refractivity contribution in [1.82, 2.24) is 0 Å². The van der Waals surface area contributed by atoms with Gasteiger partial charge in [-0.25, -0.2) is 0 Å². The van der Waals surface area contributed by atoms with Crippen LogP contribution in [-0.4, -0.2) is 19.0 Å². The maximum Gasteiger partial charge on any atom is 0.227 e. The van der Waals surface area contributed by atoms with Crippen LogP contribution in [-0.2, 0) is 11.2 Å². The van der Waals surface area contributed by atoms with Gasteiger partial charge in [0, 0.05) is 18.7 Å². The molecule has 80 valence electrons. The van der Waals surface area contributed by atoms with Crippen LogP contribution in [0.1, 0.15) is 18.4 Å². The molecule has 1 aliphatic heterocycles. The predicted octanol–water partition coefficient (Wildman–Crippen LogP) is 1.31. The number of nitrogens with zero attached hydrogens (tertiary/aromatic N) is 1. The molecule has 0 fully saturated rings. The normalized spacial score (nSPS) is 14.1. The second kappa shape index (κ2) is 4.45. The number of para-hydroxylation sites is 1. The van der Waals surface area contributed by atoms with E-state index in [1.165, 1.54) is 5.56 Å². The number of rotatable bonds is 3. The highest BCUT2D eigenvalue weighted by Crippen LogP contribution is 2.27. The molecule has 0 aliphatic carbocycles. The van der Waals surface area contributed by atoms with E-state index >= 15 is 0 Å². The number of hydrogen-bond donors (Lipinski definition) is 1. The van der Waals surface area contributed by atoms with Gasteiger partial charge in [0.25, 0.3) is 0 Å². The summed E-state index contributed by atoms with van der Waals surface area (Å²) in [4.78, 5) is 13.7. The largest absolute Gasteiger partial charge is 0.330 e. The van der Waals surface area contributed by atoms with Crippen molar-refractivity contribution in [3.05, 3.63) is 29.8 Å². The third-order valence-electron chi connectivity index (χ3n) is 2.78. The van der Waals surface area contributed by atoms with E-state index in [1.807, 2.05) is 23.1 Å². The molecule has 1 amide bonds. The molecule has 15 heavy (non-hydrogen) atoms. The molecule has 0 bridgehead atoms. The van der Waals surface area contributed by atoms with E-state index in [2.05, 4.69) is 6.07 Å². The Morgan fingerprint density at radius 2 is 2.20 bits per heavy atom. The molecule has 0 radical (unpaired) electrons. The fourth-order valence-corrected chi connectivity index (χ4v) is 1.99. The molecule has 1 aromatic rings. The summed E-state index contributed by atoms with van der Waals surface area (Å²) in [5.74, 6) is 0.199. The molecular weight excluding hydrogens is 188 g/mol. The van der Waals surface area contributed by atoms with E-state index in [1.54, 1.807) is 0 Å². The number of anilines is 1. The number of carbonyl (C=O) groups is 1. The lowest BCUT2D eigenvalue weighted by atomic mass is 10.2. The Balaban J connectivity index is 2.10. The fraction of sp³-hybridized carbons (Fsp3) is 0.417. The number of benzene rings is 1. The predicted molar refractivity (Wildman–Crippen MR) is 60.8 cm³/mol. The second-order valence-corrected chi connectivity index (χ2v) is 3.82. The fourth-order valence-electron chi connectivity index (χ4n) is 1.99. The minimum atomic E-state index is 0.199. The summed E-state index contributed by atoms with van der Waals surface area (Å²) in [5.41, 5.74) is 7.76. The molecule has 3 nitrogen and oxygen atoms in total. The summed E-state index contributed by atoms with van der Waals surface area (Å²) in [6.07, 6.45) is 2.31. The molecule has 0 saturated heterocycles. The van der Waals surface area contributed by atoms with Crippen molar-refractivity contribution >= 4 is 11.6 Å². The van der Waals surface area contributed by atoms with Crippen LogP contribution in [0.25, 0.3) is 0 Å².